The third-order valence-corrected chi connectivity index (χ3v) is 5.63. The van der Waals surface area contributed by atoms with Crippen LogP contribution in [-0.4, -0.2) is 168 Å². The van der Waals surface area contributed by atoms with Crippen molar-refractivity contribution in [3.05, 3.63) is 0 Å². The van der Waals surface area contributed by atoms with Crippen molar-refractivity contribution in [1.82, 2.24) is 0 Å². The molecule has 0 amide bonds. The molecule has 0 aliphatic carbocycles. The molecule has 2 fully saturated rings. The summed E-state index contributed by atoms with van der Waals surface area (Å²) < 4.78 is 20.9. The number of ether oxygens (including phenoxy) is 4. The Balaban J connectivity index is 2.10. The molecule has 2 heterocycles. The van der Waals surface area contributed by atoms with E-state index in [1.54, 1.807) is 0 Å². The van der Waals surface area contributed by atoms with E-state index in [0.29, 0.717) is 0 Å². The van der Waals surface area contributed by atoms with Gasteiger partial charge in [-0.05, 0) is 0 Å². The number of rotatable bonds is 11. The number of aldehydes is 1. The summed E-state index contributed by atoms with van der Waals surface area (Å²) in [4.78, 5) is 10.8. The fraction of sp³-hybridized carbons (Fsp3) is 0.944. The van der Waals surface area contributed by atoms with Crippen LogP contribution in [-0.2, 0) is 23.7 Å². The lowest BCUT2D eigenvalue weighted by Crippen LogP contribution is -2.63. The molecule has 16 heteroatoms. The highest BCUT2D eigenvalue weighted by Gasteiger charge is 2.49. The molecular formula is C18H32O16. The van der Waals surface area contributed by atoms with E-state index in [2.05, 4.69) is 0 Å². The van der Waals surface area contributed by atoms with Gasteiger partial charge in [0.1, 0.15) is 73.2 Å². The molecule has 34 heavy (non-hydrogen) atoms. The molecule has 16 nitrogen and oxygen atoms in total. The second-order valence-corrected chi connectivity index (χ2v) is 8.01. The third kappa shape index (κ3) is 6.44. The van der Waals surface area contributed by atoms with Crippen LogP contribution in [0.3, 0.4) is 0 Å². The maximum Gasteiger partial charge on any atom is 0.187 e. The smallest absolute Gasteiger partial charge is 0.187 e. The van der Waals surface area contributed by atoms with Crippen LogP contribution >= 0.6 is 0 Å². The van der Waals surface area contributed by atoms with Gasteiger partial charge in [-0.25, -0.2) is 0 Å². The lowest BCUT2D eigenvalue weighted by Gasteiger charge is -2.43. The molecule has 0 spiro atoms. The van der Waals surface area contributed by atoms with E-state index < -0.39 is 106 Å². The van der Waals surface area contributed by atoms with Crippen LogP contribution in [0.4, 0.5) is 0 Å². The summed E-state index contributed by atoms with van der Waals surface area (Å²) in [5, 5.41) is 108. The second-order valence-electron chi connectivity index (χ2n) is 8.01. The first kappa shape index (κ1) is 29.3. The van der Waals surface area contributed by atoms with Gasteiger partial charge in [-0.1, -0.05) is 0 Å². The minimum Gasteiger partial charge on any atom is -0.394 e. The molecule has 200 valence electrons. The molecule has 11 N–H and O–H groups in total. The van der Waals surface area contributed by atoms with E-state index in [0.717, 1.165) is 0 Å². The van der Waals surface area contributed by atoms with Crippen LogP contribution in [0.1, 0.15) is 0 Å². The van der Waals surface area contributed by atoms with Crippen molar-refractivity contribution in [2.45, 2.75) is 85.8 Å². The van der Waals surface area contributed by atoms with Crippen LogP contribution in [0.25, 0.3) is 0 Å². The first-order valence-corrected chi connectivity index (χ1v) is 10.4. The van der Waals surface area contributed by atoms with Gasteiger partial charge < -0.3 is 79.9 Å². The summed E-state index contributed by atoms with van der Waals surface area (Å²) >= 11 is 0. The van der Waals surface area contributed by atoms with Gasteiger partial charge in [0.15, 0.2) is 18.9 Å². The van der Waals surface area contributed by atoms with Gasteiger partial charge in [-0.2, -0.15) is 0 Å². The van der Waals surface area contributed by atoms with Gasteiger partial charge in [-0.3, -0.25) is 0 Å². The second kappa shape index (κ2) is 12.9. The highest BCUT2D eigenvalue weighted by atomic mass is 16.7. The molecule has 0 radical (unpaired) electrons. The minimum absolute atomic E-state index is 0.0704. The first-order valence-electron chi connectivity index (χ1n) is 10.4. The highest BCUT2D eigenvalue weighted by Crippen LogP contribution is 2.27. The third-order valence-electron chi connectivity index (χ3n) is 5.63. The number of hydrogen-bond acceptors (Lipinski definition) is 16. The number of aliphatic hydroxyl groups is 11. The van der Waals surface area contributed by atoms with Gasteiger partial charge in [0.05, 0.1) is 19.8 Å². The molecule has 14 atom stereocenters. The van der Waals surface area contributed by atoms with Crippen LogP contribution in [0.2, 0.25) is 0 Å². The Labute approximate surface area is 192 Å². The molecule has 0 bridgehead atoms. The zero-order valence-electron chi connectivity index (χ0n) is 17.7. The van der Waals surface area contributed by atoms with Crippen molar-refractivity contribution >= 4 is 6.29 Å². The van der Waals surface area contributed by atoms with E-state index >= 15 is 0 Å². The number of carbonyl (C=O) groups excluding carboxylic acids is 1. The molecule has 0 aromatic heterocycles. The fourth-order valence-corrected chi connectivity index (χ4v) is 3.49. The lowest BCUT2D eigenvalue weighted by atomic mass is 9.98. The topological polar surface area (TPSA) is 277 Å². The molecule has 0 aromatic rings. The van der Waals surface area contributed by atoms with Crippen molar-refractivity contribution < 1.29 is 79.9 Å². The van der Waals surface area contributed by atoms with E-state index in [1.165, 1.54) is 0 Å². The van der Waals surface area contributed by atoms with E-state index in [-0.39, 0.29) is 6.29 Å². The van der Waals surface area contributed by atoms with E-state index in [4.69, 9.17) is 24.1 Å². The predicted molar refractivity (Wildman–Crippen MR) is 102 cm³/mol. The summed E-state index contributed by atoms with van der Waals surface area (Å²) in [5.41, 5.74) is 0. The van der Waals surface area contributed by atoms with Crippen molar-refractivity contribution in [3.8, 4) is 0 Å². The maximum atomic E-state index is 10.8. The Morgan fingerprint density at radius 1 is 0.765 bits per heavy atom. The van der Waals surface area contributed by atoms with Gasteiger partial charge >= 0.3 is 0 Å². The first-order chi connectivity index (χ1) is 16.0. The maximum absolute atomic E-state index is 10.8. The molecule has 0 saturated carbocycles. The van der Waals surface area contributed by atoms with Crippen LogP contribution in [0.5, 0.6) is 0 Å². The standard InChI is InChI=1S/C18H32O16/c19-1-5(22)9(24)16(6(23)2-20)34-18-15(30)13(28)11(26)8(33-18)4-31-17-14(29)12(27)10(25)7(3-21)32-17/h1,5-18,20-30H,2-4H2/t5-,6+,7+,8+,9+,10+,11+,12-,13-,14+,15+,16-,17-,18+/m0/s1. The molecule has 2 saturated heterocycles. The molecule has 2 aliphatic heterocycles. The number of carbonyl (C=O) groups is 1. The zero-order valence-corrected chi connectivity index (χ0v) is 17.7. The Morgan fingerprint density at radius 3 is 1.82 bits per heavy atom. The summed E-state index contributed by atoms with van der Waals surface area (Å²) in [6, 6.07) is 0. The summed E-state index contributed by atoms with van der Waals surface area (Å²) in [6.45, 7) is -2.39. The average molecular weight is 504 g/mol. The molecule has 2 rings (SSSR count). The SMILES string of the molecule is O=C[C@H](O)[C@@H](O)[C@@H](O[C@H]1O[C@H](CO[C@H]2O[C@H](CO)[C@@H](O)[C@H](O)[C@H]2O)[C@@H](O)[C@H](O)[C@H]1O)[C@H](O)CO. The Morgan fingerprint density at radius 2 is 1.29 bits per heavy atom. The quantitative estimate of drug-likeness (QED) is 0.117. The van der Waals surface area contributed by atoms with Crippen LogP contribution < -0.4 is 0 Å². The molecule has 0 aromatic carbocycles. The molecular weight excluding hydrogens is 472 g/mol. The van der Waals surface area contributed by atoms with Crippen molar-refractivity contribution in [2.75, 3.05) is 19.8 Å². The van der Waals surface area contributed by atoms with Crippen LogP contribution in [0, 0.1) is 0 Å². The lowest BCUT2D eigenvalue weighted by molar-refractivity contribution is -0.343. The normalized spacial score (nSPS) is 42.6. The predicted octanol–water partition coefficient (Wildman–Crippen LogP) is -7.73. The largest absolute Gasteiger partial charge is 0.394 e. The average Bonchev–Trinajstić information content (AvgIpc) is 2.84. The Bertz CT molecular complexity index is 623. The Kier molecular flexibility index (Phi) is 11.1. The van der Waals surface area contributed by atoms with E-state index in [1.807, 2.05) is 0 Å². The van der Waals surface area contributed by atoms with Gasteiger partial charge in [0.25, 0.3) is 0 Å². The zero-order chi connectivity index (χ0) is 25.7. The molecule has 2 aliphatic rings. The van der Waals surface area contributed by atoms with Crippen molar-refractivity contribution in [2.24, 2.45) is 0 Å². The summed E-state index contributed by atoms with van der Waals surface area (Å²) in [6.07, 6.45) is -25.1. The van der Waals surface area contributed by atoms with Crippen molar-refractivity contribution in [3.63, 3.8) is 0 Å². The Hall–Kier alpha value is -0.930. The number of hydrogen-bond donors (Lipinski definition) is 11. The molecule has 0 unspecified atom stereocenters. The van der Waals surface area contributed by atoms with Gasteiger partial charge in [0, 0.05) is 0 Å². The summed E-state index contributed by atoms with van der Waals surface area (Å²) in [7, 11) is 0. The van der Waals surface area contributed by atoms with Crippen LogP contribution in [0.15, 0.2) is 0 Å². The highest BCUT2D eigenvalue weighted by molar-refractivity contribution is 5.56. The van der Waals surface area contributed by atoms with Crippen molar-refractivity contribution in [1.29, 1.82) is 0 Å². The fourth-order valence-electron chi connectivity index (χ4n) is 3.49. The minimum atomic E-state index is -2.08. The van der Waals surface area contributed by atoms with Gasteiger partial charge in [-0.15, -0.1) is 0 Å². The number of aliphatic hydroxyl groups excluding tert-OH is 11. The van der Waals surface area contributed by atoms with E-state index in [9.17, 15) is 55.9 Å². The monoisotopic (exact) mass is 504 g/mol. The summed E-state index contributed by atoms with van der Waals surface area (Å²) in [5.74, 6) is 0. The van der Waals surface area contributed by atoms with Gasteiger partial charge in [0.2, 0.25) is 0 Å².